The predicted octanol–water partition coefficient (Wildman–Crippen LogP) is 2.45. The fourth-order valence-electron chi connectivity index (χ4n) is 1.93. The first-order chi connectivity index (χ1) is 7.10. The topological polar surface area (TPSA) is 26.3 Å². The lowest BCUT2D eigenvalue weighted by Gasteiger charge is -2.12. The molecular formula is C12H13FO2. The van der Waals surface area contributed by atoms with Crippen molar-refractivity contribution in [3.05, 3.63) is 29.6 Å². The summed E-state index contributed by atoms with van der Waals surface area (Å²) in [6.07, 6.45) is 1.65. The molecule has 0 saturated heterocycles. The molecule has 1 aromatic carbocycles. The first-order valence-electron chi connectivity index (χ1n) is 4.95. The van der Waals surface area contributed by atoms with E-state index < -0.39 is 11.2 Å². The molecule has 1 saturated carbocycles. The zero-order chi connectivity index (χ0) is 11.1. The van der Waals surface area contributed by atoms with Crippen molar-refractivity contribution in [3.8, 4) is 5.75 Å². The van der Waals surface area contributed by atoms with Gasteiger partial charge in [0.05, 0.1) is 12.5 Å². The van der Waals surface area contributed by atoms with E-state index >= 15 is 0 Å². The molecule has 0 amide bonds. The maximum atomic E-state index is 13.4. The zero-order valence-electron chi connectivity index (χ0n) is 8.84. The van der Waals surface area contributed by atoms with Crippen molar-refractivity contribution >= 4 is 5.78 Å². The molecule has 0 atom stereocenters. The van der Waals surface area contributed by atoms with Crippen molar-refractivity contribution in [2.75, 3.05) is 7.11 Å². The third-order valence-corrected chi connectivity index (χ3v) is 3.13. The van der Waals surface area contributed by atoms with Crippen LogP contribution < -0.4 is 4.74 Å². The minimum absolute atomic E-state index is 0.118. The minimum atomic E-state index is -0.410. The molecule has 80 valence electrons. The molecule has 15 heavy (non-hydrogen) atoms. The highest BCUT2D eigenvalue weighted by atomic mass is 19.1. The molecule has 1 aromatic rings. The van der Waals surface area contributed by atoms with Gasteiger partial charge in [0.2, 0.25) is 0 Å². The van der Waals surface area contributed by atoms with Crippen LogP contribution in [0.2, 0.25) is 0 Å². The number of rotatable bonds is 3. The summed E-state index contributed by atoms with van der Waals surface area (Å²) in [6.45, 7) is 1.56. The van der Waals surface area contributed by atoms with Crippen LogP contribution in [0.1, 0.15) is 25.3 Å². The van der Waals surface area contributed by atoms with E-state index in [4.69, 9.17) is 4.74 Å². The monoisotopic (exact) mass is 208 g/mol. The summed E-state index contributed by atoms with van der Waals surface area (Å²) in [4.78, 5) is 11.4. The lowest BCUT2D eigenvalue weighted by molar-refractivity contribution is -0.119. The normalized spacial score (nSPS) is 17.3. The predicted molar refractivity (Wildman–Crippen MR) is 54.5 cm³/mol. The van der Waals surface area contributed by atoms with E-state index in [1.807, 2.05) is 0 Å². The average Bonchev–Trinajstić information content (AvgIpc) is 2.98. The highest BCUT2D eigenvalue weighted by Gasteiger charge is 2.48. The summed E-state index contributed by atoms with van der Waals surface area (Å²) in [5.74, 6) is -0.0623. The Morgan fingerprint density at radius 3 is 2.53 bits per heavy atom. The molecule has 0 N–H and O–H groups in total. The maximum Gasteiger partial charge on any atom is 0.165 e. The molecule has 3 heteroatoms. The summed E-state index contributed by atoms with van der Waals surface area (Å²) >= 11 is 0. The molecule has 1 aliphatic rings. The van der Waals surface area contributed by atoms with Gasteiger partial charge in [-0.25, -0.2) is 4.39 Å². The van der Waals surface area contributed by atoms with Gasteiger partial charge in [-0.2, -0.15) is 0 Å². The van der Waals surface area contributed by atoms with Gasteiger partial charge in [-0.05, 0) is 37.5 Å². The summed E-state index contributed by atoms with van der Waals surface area (Å²) < 4.78 is 18.3. The van der Waals surface area contributed by atoms with Crippen LogP contribution in [-0.2, 0) is 10.2 Å². The Morgan fingerprint density at radius 1 is 1.47 bits per heavy atom. The summed E-state index contributed by atoms with van der Waals surface area (Å²) in [7, 11) is 1.43. The molecule has 1 fully saturated rings. The van der Waals surface area contributed by atoms with Gasteiger partial charge >= 0.3 is 0 Å². The van der Waals surface area contributed by atoms with Gasteiger partial charge in [-0.1, -0.05) is 6.07 Å². The number of Topliss-reactive ketones (excluding diaryl/α,β-unsaturated/α-hetero) is 1. The fourth-order valence-corrected chi connectivity index (χ4v) is 1.93. The minimum Gasteiger partial charge on any atom is -0.494 e. The second-order valence-electron chi connectivity index (χ2n) is 3.99. The Bertz CT molecular complexity index is 408. The van der Waals surface area contributed by atoms with Crippen LogP contribution in [0.25, 0.3) is 0 Å². The fraction of sp³-hybridized carbons (Fsp3) is 0.417. The molecule has 0 aromatic heterocycles. The first-order valence-corrected chi connectivity index (χ1v) is 4.95. The molecule has 0 heterocycles. The lowest BCUT2D eigenvalue weighted by atomic mass is 9.92. The number of hydrogen-bond acceptors (Lipinski definition) is 2. The molecule has 1 aliphatic carbocycles. The molecule has 0 spiro atoms. The summed E-state index contributed by atoms with van der Waals surface area (Å²) in [5, 5.41) is 0. The lowest BCUT2D eigenvalue weighted by Crippen LogP contribution is -2.17. The first kappa shape index (κ1) is 10.1. The largest absolute Gasteiger partial charge is 0.494 e. The van der Waals surface area contributed by atoms with Crippen LogP contribution in [0.4, 0.5) is 4.39 Å². The Labute approximate surface area is 88.1 Å². The third-order valence-electron chi connectivity index (χ3n) is 3.13. The van der Waals surface area contributed by atoms with Crippen LogP contribution in [0.5, 0.6) is 5.75 Å². The summed E-state index contributed by atoms with van der Waals surface area (Å²) in [6, 6.07) is 4.76. The van der Waals surface area contributed by atoms with Gasteiger partial charge in [0.1, 0.15) is 5.78 Å². The van der Waals surface area contributed by atoms with E-state index in [-0.39, 0.29) is 11.5 Å². The van der Waals surface area contributed by atoms with Gasteiger partial charge < -0.3 is 4.74 Å². The number of carbonyl (C=O) groups excluding carboxylic acids is 1. The summed E-state index contributed by atoms with van der Waals surface area (Å²) in [5.41, 5.74) is 0.362. The quantitative estimate of drug-likeness (QED) is 0.762. The number of benzene rings is 1. The molecule has 0 radical (unpaired) electrons. The van der Waals surface area contributed by atoms with Crippen molar-refractivity contribution < 1.29 is 13.9 Å². The number of halogens is 1. The van der Waals surface area contributed by atoms with Gasteiger partial charge in [0.25, 0.3) is 0 Å². The number of ketones is 1. The number of methoxy groups -OCH3 is 1. The van der Waals surface area contributed by atoms with Crippen LogP contribution in [0.15, 0.2) is 18.2 Å². The van der Waals surface area contributed by atoms with Crippen LogP contribution >= 0.6 is 0 Å². The van der Waals surface area contributed by atoms with Crippen molar-refractivity contribution in [2.24, 2.45) is 0 Å². The molecule has 0 bridgehead atoms. The third kappa shape index (κ3) is 1.52. The van der Waals surface area contributed by atoms with E-state index in [1.165, 1.54) is 13.2 Å². The SMILES string of the molecule is COc1ccc(C2(C(C)=O)CC2)cc1F. The number of ether oxygens (including phenoxy) is 1. The highest BCUT2D eigenvalue weighted by molar-refractivity contribution is 5.91. The standard InChI is InChI=1S/C12H13FO2/c1-8(14)12(5-6-12)9-3-4-11(15-2)10(13)7-9/h3-4,7H,5-6H2,1-2H3. The molecule has 0 aliphatic heterocycles. The molecule has 2 nitrogen and oxygen atoms in total. The smallest absolute Gasteiger partial charge is 0.165 e. The Kier molecular flexibility index (Phi) is 2.25. The van der Waals surface area contributed by atoms with Crippen molar-refractivity contribution in [2.45, 2.75) is 25.2 Å². The van der Waals surface area contributed by atoms with Gasteiger partial charge in [-0.15, -0.1) is 0 Å². The molecular weight excluding hydrogens is 195 g/mol. The van der Waals surface area contributed by atoms with E-state index in [0.717, 1.165) is 18.4 Å². The van der Waals surface area contributed by atoms with Gasteiger partial charge in [0.15, 0.2) is 11.6 Å². The van der Waals surface area contributed by atoms with Gasteiger partial charge in [-0.3, -0.25) is 4.79 Å². The van der Waals surface area contributed by atoms with Crippen molar-refractivity contribution in [1.29, 1.82) is 0 Å². The van der Waals surface area contributed by atoms with Crippen molar-refractivity contribution in [3.63, 3.8) is 0 Å². The van der Waals surface area contributed by atoms with E-state index in [9.17, 15) is 9.18 Å². The second kappa shape index (κ2) is 3.33. The molecule has 2 rings (SSSR count). The average molecular weight is 208 g/mol. The van der Waals surface area contributed by atoms with E-state index in [1.54, 1.807) is 19.1 Å². The maximum absolute atomic E-state index is 13.4. The van der Waals surface area contributed by atoms with E-state index in [2.05, 4.69) is 0 Å². The highest BCUT2D eigenvalue weighted by Crippen LogP contribution is 2.49. The number of carbonyl (C=O) groups is 1. The Morgan fingerprint density at radius 2 is 2.13 bits per heavy atom. The van der Waals surface area contributed by atoms with Crippen LogP contribution in [0.3, 0.4) is 0 Å². The Hall–Kier alpha value is -1.38. The van der Waals surface area contributed by atoms with Crippen LogP contribution in [0, 0.1) is 5.82 Å². The van der Waals surface area contributed by atoms with Crippen LogP contribution in [-0.4, -0.2) is 12.9 Å². The second-order valence-corrected chi connectivity index (χ2v) is 3.99. The van der Waals surface area contributed by atoms with Gasteiger partial charge in [0, 0.05) is 0 Å². The van der Waals surface area contributed by atoms with E-state index in [0.29, 0.717) is 0 Å². The Balaban J connectivity index is 2.39. The number of hydrogen-bond donors (Lipinski definition) is 0. The molecule has 0 unspecified atom stereocenters. The zero-order valence-corrected chi connectivity index (χ0v) is 8.84. The van der Waals surface area contributed by atoms with Crippen molar-refractivity contribution in [1.82, 2.24) is 0 Å².